The highest BCUT2D eigenvalue weighted by atomic mass is 16.3. The maximum absolute atomic E-state index is 9.35. The highest BCUT2D eigenvalue weighted by Crippen LogP contribution is 2.28. The molecule has 0 saturated heterocycles. The molecule has 3 heteroatoms. The zero-order valence-electron chi connectivity index (χ0n) is 8.79. The molecule has 0 amide bonds. The van der Waals surface area contributed by atoms with E-state index in [9.17, 15) is 5.11 Å². The summed E-state index contributed by atoms with van der Waals surface area (Å²) in [6.07, 6.45) is 4.65. The minimum absolute atomic E-state index is 0.0104. The van der Waals surface area contributed by atoms with E-state index in [2.05, 4.69) is 19.0 Å². The Morgan fingerprint density at radius 3 is 2.38 bits per heavy atom. The van der Waals surface area contributed by atoms with Crippen LogP contribution in [-0.4, -0.2) is 42.3 Å². The third-order valence-corrected chi connectivity index (χ3v) is 3.01. The van der Waals surface area contributed by atoms with Gasteiger partial charge in [-0.25, -0.2) is 0 Å². The highest BCUT2D eigenvalue weighted by molar-refractivity contribution is 4.90. The molecule has 0 unspecified atom stereocenters. The summed E-state index contributed by atoms with van der Waals surface area (Å²) in [7, 11) is 4.14. The van der Waals surface area contributed by atoms with Crippen molar-refractivity contribution in [2.45, 2.75) is 43.7 Å². The zero-order chi connectivity index (χ0) is 9.90. The fourth-order valence-corrected chi connectivity index (χ4v) is 1.87. The summed E-state index contributed by atoms with van der Waals surface area (Å²) in [5.74, 6) is 0. The second-order valence-electron chi connectivity index (χ2n) is 4.65. The molecular formula is C10H22N2O. The summed E-state index contributed by atoms with van der Waals surface area (Å²) < 4.78 is 0. The Kier molecular flexibility index (Phi) is 3.71. The highest BCUT2D eigenvalue weighted by Gasteiger charge is 2.30. The SMILES string of the molecule is CN(C)CCC1(N)CCC(O)CC1. The monoisotopic (exact) mass is 186 g/mol. The summed E-state index contributed by atoms with van der Waals surface area (Å²) in [5, 5.41) is 9.35. The maximum atomic E-state index is 9.35. The van der Waals surface area contributed by atoms with Gasteiger partial charge in [-0.3, -0.25) is 0 Å². The third kappa shape index (κ3) is 3.63. The first kappa shape index (κ1) is 11.0. The predicted octanol–water partition coefficient (Wildman–Crippen LogP) is 0.570. The van der Waals surface area contributed by atoms with Gasteiger partial charge in [0.1, 0.15) is 0 Å². The predicted molar refractivity (Wildman–Crippen MR) is 54.6 cm³/mol. The van der Waals surface area contributed by atoms with Crippen LogP contribution < -0.4 is 5.73 Å². The molecule has 3 nitrogen and oxygen atoms in total. The number of nitrogens with two attached hydrogens (primary N) is 1. The van der Waals surface area contributed by atoms with E-state index in [-0.39, 0.29) is 11.6 Å². The first-order valence-corrected chi connectivity index (χ1v) is 5.13. The van der Waals surface area contributed by atoms with Gasteiger partial charge in [0.15, 0.2) is 0 Å². The van der Waals surface area contributed by atoms with Gasteiger partial charge in [-0.05, 0) is 52.7 Å². The summed E-state index contributed by atoms with van der Waals surface area (Å²) >= 11 is 0. The molecule has 1 aliphatic carbocycles. The van der Waals surface area contributed by atoms with Crippen molar-refractivity contribution in [3.8, 4) is 0 Å². The van der Waals surface area contributed by atoms with Crippen molar-refractivity contribution in [2.24, 2.45) is 5.73 Å². The van der Waals surface area contributed by atoms with Gasteiger partial charge >= 0.3 is 0 Å². The van der Waals surface area contributed by atoms with Crippen LogP contribution in [0.1, 0.15) is 32.1 Å². The lowest BCUT2D eigenvalue weighted by Gasteiger charge is -2.36. The molecule has 0 atom stereocenters. The molecule has 0 aliphatic heterocycles. The Hall–Kier alpha value is -0.120. The molecular weight excluding hydrogens is 164 g/mol. The van der Waals surface area contributed by atoms with Crippen LogP contribution in [0.4, 0.5) is 0 Å². The van der Waals surface area contributed by atoms with Crippen LogP contribution in [0.3, 0.4) is 0 Å². The average Bonchev–Trinajstić information content (AvgIpc) is 2.08. The quantitative estimate of drug-likeness (QED) is 0.677. The molecule has 0 spiro atoms. The van der Waals surface area contributed by atoms with Gasteiger partial charge in [0.05, 0.1) is 6.10 Å². The first-order valence-electron chi connectivity index (χ1n) is 5.13. The topological polar surface area (TPSA) is 49.5 Å². The Balaban J connectivity index is 2.30. The van der Waals surface area contributed by atoms with Gasteiger partial charge in [0.25, 0.3) is 0 Å². The minimum atomic E-state index is -0.101. The molecule has 1 fully saturated rings. The van der Waals surface area contributed by atoms with Crippen molar-refractivity contribution in [1.29, 1.82) is 0 Å². The summed E-state index contributed by atoms with van der Waals surface area (Å²) in [6.45, 7) is 1.05. The van der Waals surface area contributed by atoms with Gasteiger partial charge in [-0.15, -0.1) is 0 Å². The average molecular weight is 186 g/mol. The molecule has 1 aliphatic rings. The van der Waals surface area contributed by atoms with Gasteiger partial charge in [0, 0.05) is 5.54 Å². The van der Waals surface area contributed by atoms with Gasteiger partial charge in [-0.1, -0.05) is 0 Å². The van der Waals surface area contributed by atoms with Gasteiger partial charge in [-0.2, -0.15) is 0 Å². The van der Waals surface area contributed by atoms with E-state index in [1.165, 1.54) is 0 Å². The van der Waals surface area contributed by atoms with Crippen molar-refractivity contribution in [1.82, 2.24) is 4.90 Å². The molecule has 13 heavy (non-hydrogen) atoms. The van der Waals surface area contributed by atoms with Crippen molar-refractivity contribution in [2.75, 3.05) is 20.6 Å². The van der Waals surface area contributed by atoms with Gasteiger partial charge < -0.3 is 15.7 Å². The third-order valence-electron chi connectivity index (χ3n) is 3.01. The van der Waals surface area contributed by atoms with Crippen LogP contribution in [0.25, 0.3) is 0 Å². The van der Waals surface area contributed by atoms with Crippen LogP contribution in [0.5, 0.6) is 0 Å². The van der Waals surface area contributed by atoms with Crippen molar-refractivity contribution in [3.05, 3.63) is 0 Å². The lowest BCUT2D eigenvalue weighted by atomic mass is 9.79. The van der Waals surface area contributed by atoms with E-state index < -0.39 is 0 Å². The Morgan fingerprint density at radius 2 is 1.92 bits per heavy atom. The Labute approximate surface area is 80.9 Å². The summed E-state index contributed by atoms with van der Waals surface area (Å²) in [4.78, 5) is 2.17. The molecule has 0 heterocycles. The number of aliphatic hydroxyl groups is 1. The normalized spacial score (nSPS) is 35.3. The van der Waals surface area contributed by atoms with Crippen molar-refractivity contribution >= 4 is 0 Å². The second kappa shape index (κ2) is 4.40. The number of hydrogen-bond donors (Lipinski definition) is 2. The molecule has 0 bridgehead atoms. The lowest BCUT2D eigenvalue weighted by molar-refractivity contribution is 0.0916. The molecule has 0 aromatic heterocycles. The van der Waals surface area contributed by atoms with E-state index in [1.54, 1.807) is 0 Å². The fraction of sp³-hybridized carbons (Fsp3) is 1.00. The second-order valence-corrected chi connectivity index (χ2v) is 4.65. The molecule has 0 aromatic carbocycles. The largest absolute Gasteiger partial charge is 0.393 e. The number of hydrogen-bond acceptors (Lipinski definition) is 3. The van der Waals surface area contributed by atoms with Crippen molar-refractivity contribution in [3.63, 3.8) is 0 Å². The fourth-order valence-electron chi connectivity index (χ4n) is 1.87. The first-order chi connectivity index (χ1) is 6.02. The van der Waals surface area contributed by atoms with E-state index in [0.29, 0.717) is 0 Å². The minimum Gasteiger partial charge on any atom is -0.393 e. The van der Waals surface area contributed by atoms with Crippen LogP contribution in [-0.2, 0) is 0 Å². The molecule has 0 aromatic rings. The summed E-state index contributed by atoms with van der Waals surface area (Å²) in [6, 6.07) is 0. The van der Waals surface area contributed by atoms with E-state index in [1.807, 2.05) is 0 Å². The number of aliphatic hydroxyl groups excluding tert-OH is 1. The molecule has 1 rings (SSSR count). The standard InChI is InChI=1S/C10H22N2O/c1-12(2)8-7-10(11)5-3-9(13)4-6-10/h9,13H,3-8,11H2,1-2H3. The molecule has 3 N–H and O–H groups in total. The maximum Gasteiger partial charge on any atom is 0.0541 e. The molecule has 78 valence electrons. The van der Waals surface area contributed by atoms with Crippen LogP contribution in [0.15, 0.2) is 0 Å². The smallest absolute Gasteiger partial charge is 0.0541 e. The van der Waals surface area contributed by atoms with Crippen LogP contribution >= 0.6 is 0 Å². The number of rotatable bonds is 3. The Bertz CT molecular complexity index is 151. The van der Waals surface area contributed by atoms with Crippen LogP contribution in [0, 0.1) is 0 Å². The van der Waals surface area contributed by atoms with Crippen molar-refractivity contribution < 1.29 is 5.11 Å². The molecule has 0 radical (unpaired) electrons. The number of nitrogens with zero attached hydrogens (tertiary/aromatic N) is 1. The van der Waals surface area contributed by atoms with E-state index in [0.717, 1.165) is 38.6 Å². The zero-order valence-corrected chi connectivity index (χ0v) is 8.79. The van der Waals surface area contributed by atoms with Crippen LogP contribution in [0.2, 0.25) is 0 Å². The summed E-state index contributed by atoms with van der Waals surface area (Å²) in [5.41, 5.74) is 6.22. The van der Waals surface area contributed by atoms with E-state index >= 15 is 0 Å². The van der Waals surface area contributed by atoms with Gasteiger partial charge in [0.2, 0.25) is 0 Å². The molecule has 1 saturated carbocycles. The Morgan fingerprint density at radius 1 is 1.38 bits per heavy atom. The van der Waals surface area contributed by atoms with E-state index in [4.69, 9.17) is 5.73 Å². The lowest BCUT2D eigenvalue weighted by Crippen LogP contribution is -2.46.